The highest BCUT2D eigenvalue weighted by Crippen LogP contribution is 2.09. The van der Waals surface area contributed by atoms with Crippen LogP contribution in [-0.2, 0) is 11.2 Å². The van der Waals surface area contributed by atoms with Crippen LogP contribution < -0.4 is 11.4 Å². The van der Waals surface area contributed by atoms with Crippen LogP contribution in [0.5, 0.6) is 0 Å². The van der Waals surface area contributed by atoms with Crippen molar-refractivity contribution in [2.75, 3.05) is 0 Å². The number of carboxylic acid groups (broad SMARTS) is 1. The fourth-order valence-corrected chi connectivity index (χ4v) is 1.43. The van der Waals surface area contributed by atoms with Gasteiger partial charge in [0.25, 0.3) is 0 Å². The summed E-state index contributed by atoms with van der Waals surface area (Å²) in [5.41, 5.74) is 0.0434. The molecular formula is C10H7NO5. The molecule has 2 N–H and O–H groups in total. The Morgan fingerprint density at radius 3 is 2.81 bits per heavy atom. The molecular weight excluding hydrogens is 214 g/mol. The van der Waals surface area contributed by atoms with Crippen molar-refractivity contribution in [3.05, 3.63) is 44.7 Å². The molecule has 0 spiro atoms. The molecule has 1 aromatic carbocycles. The lowest BCUT2D eigenvalue weighted by atomic mass is 10.1. The first-order valence-electron chi connectivity index (χ1n) is 4.44. The Balaban J connectivity index is 2.66. The zero-order valence-corrected chi connectivity index (χ0v) is 8.02. The Labute approximate surface area is 88.1 Å². The van der Waals surface area contributed by atoms with Gasteiger partial charge < -0.3 is 9.52 Å². The molecule has 2 aromatic rings. The lowest BCUT2D eigenvalue weighted by Crippen LogP contribution is -2.14. The summed E-state index contributed by atoms with van der Waals surface area (Å²) in [5.74, 6) is -1.84. The lowest BCUT2D eigenvalue weighted by molar-refractivity contribution is -0.136. The van der Waals surface area contributed by atoms with E-state index >= 15 is 0 Å². The van der Waals surface area contributed by atoms with Crippen LogP contribution in [0.25, 0.3) is 10.9 Å². The highest BCUT2D eigenvalue weighted by molar-refractivity contribution is 5.79. The van der Waals surface area contributed by atoms with Crippen LogP contribution in [0.1, 0.15) is 5.56 Å². The topological polar surface area (TPSA) is 100 Å². The standard InChI is InChI=1S/C10H7NO5/c12-8(13)4-5-1-2-6-7(3-5)11-10(15)16-9(6)14/h1-3H,4H2,(H,11,15)(H,12,13). The molecule has 0 unspecified atom stereocenters. The van der Waals surface area contributed by atoms with Gasteiger partial charge in [0.1, 0.15) is 0 Å². The van der Waals surface area contributed by atoms with E-state index in [1.807, 2.05) is 0 Å². The third-order valence-corrected chi connectivity index (χ3v) is 2.08. The maximum absolute atomic E-state index is 11.2. The molecule has 0 fully saturated rings. The van der Waals surface area contributed by atoms with Crippen molar-refractivity contribution < 1.29 is 14.3 Å². The number of carboxylic acids is 1. The van der Waals surface area contributed by atoms with Crippen LogP contribution >= 0.6 is 0 Å². The molecule has 0 aliphatic rings. The smallest absolute Gasteiger partial charge is 0.419 e. The number of aromatic nitrogens is 1. The van der Waals surface area contributed by atoms with Crippen molar-refractivity contribution in [1.29, 1.82) is 0 Å². The Kier molecular flexibility index (Phi) is 2.32. The number of aliphatic carboxylic acids is 1. The first-order chi connectivity index (χ1) is 7.56. The maximum Gasteiger partial charge on any atom is 0.419 e. The molecule has 0 aliphatic carbocycles. The van der Waals surface area contributed by atoms with Gasteiger partial charge in [0.05, 0.1) is 17.3 Å². The SMILES string of the molecule is O=C(O)Cc1ccc2c(=O)oc(=O)[nH]c2c1. The highest BCUT2D eigenvalue weighted by Gasteiger charge is 2.05. The predicted molar refractivity (Wildman–Crippen MR) is 54.4 cm³/mol. The van der Waals surface area contributed by atoms with Crippen LogP contribution in [0.3, 0.4) is 0 Å². The molecule has 0 saturated carbocycles. The molecule has 1 aromatic heterocycles. The quantitative estimate of drug-likeness (QED) is 0.749. The number of rotatable bonds is 2. The molecule has 0 bridgehead atoms. The molecule has 6 nitrogen and oxygen atoms in total. The Hall–Kier alpha value is -2.37. The molecule has 0 saturated heterocycles. The van der Waals surface area contributed by atoms with Crippen LogP contribution in [-0.4, -0.2) is 16.1 Å². The molecule has 2 rings (SSSR count). The number of benzene rings is 1. The van der Waals surface area contributed by atoms with Gasteiger partial charge in [-0.1, -0.05) is 6.07 Å². The maximum atomic E-state index is 11.2. The summed E-state index contributed by atoms with van der Waals surface area (Å²) >= 11 is 0. The first-order valence-corrected chi connectivity index (χ1v) is 4.44. The Bertz CT molecular complexity index is 667. The van der Waals surface area contributed by atoms with Gasteiger partial charge in [0.15, 0.2) is 0 Å². The van der Waals surface area contributed by atoms with Crippen LogP contribution in [0.15, 0.2) is 32.2 Å². The van der Waals surface area contributed by atoms with E-state index in [2.05, 4.69) is 9.40 Å². The number of H-pyrrole nitrogens is 1. The number of hydrogen-bond acceptors (Lipinski definition) is 4. The monoisotopic (exact) mass is 221 g/mol. The summed E-state index contributed by atoms with van der Waals surface area (Å²) in [4.78, 5) is 34.9. The van der Waals surface area contributed by atoms with Crippen molar-refractivity contribution in [2.24, 2.45) is 0 Å². The lowest BCUT2D eigenvalue weighted by Gasteiger charge is -1.99. The molecule has 1 heterocycles. The number of nitrogens with one attached hydrogen (secondary N) is 1. The van der Waals surface area contributed by atoms with Gasteiger partial charge >= 0.3 is 17.4 Å². The number of hydrogen-bond donors (Lipinski definition) is 2. The molecule has 0 atom stereocenters. The fraction of sp³-hybridized carbons (Fsp3) is 0.100. The van der Waals surface area contributed by atoms with Crippen molar-refractivity contribution in [2.45, 2.75) is 6.42 Å². The second kappa shape index (κ2) is 3.65. The van der Waals surface area contributed by atoms with Crippen LogP contribution in [0, 0.1) is 0 Å². The zero-order valence-electron chi connectivity index (χ0n) is 8.02. The van der Waals surface area contributed by atoms with Gasteiger partial charge in [-0.05, 0) is 17.7 Å². The van der Waals surface area contributed by atoms with E-state index in [0.717, 1.165) is 0 Å². The van der Waals surface area contributed by atoms with Crippen LogP contribution in [0.2, 0.25) is 0 Å². The number of aromatic amines is 1. The highest BCUT2D eigenvalue weighted by atomic mass is 16.4. The summed E-state index contributed by atoms with van der Waals surface area (Å²) < 4.78 is 4.33. The van der Waals surface area contributed by atoms with Gasteiger partial charge in [-0.25, -0.2) is 9.59 Å². The van der Waals surface area contributed by atoms with E-state index < -0.39 is 17.4 Å². The van der Waals surface area contributed by atoms with Gasteiger partial charge in [-0.15, -0.1) is 0 Å². The molecule has 0 radical (unpaired) electrons. The molecule has 82 valence electrons. The summed E-state index contributed by atoms with van der Waals surface area (Å²) in [6.07, 6.45) is -0.168. The van der Waals surface area contributed by atoms with E-state index in [0.29, 0.717) is 5.56 Å². The Morgan fingerprint density at radius 2 is 2.12 bits per heavy atom. The minimum atomic E-state index is -0.982. The molecule has 16 heavy (non-hydrogen) atoms. The number of carbonyl (C=O) groups is 1. The van der Waals surface area contributed by atoms with E-state index in [9.17, 15) is 14.4 Å². The van der Waals surface area contributed by atoms with Gasteiger partial charge in [-0.3, -0.25) is 9.78 Å². The first kappa shape index (κ1) is 10.2. The summed E-state index contributed by atoms with van der Waals surface area (Å²) in [7, 11) is 0. The third-order valence-electron chi connectivity index (χ3n) is 2.08. The van der Waals surface area contributed by atoms with Crippen molar-refractivity contribution >= 4 is 16.9 Å². The minimum Gasteiger partial charge on any atom is -0.481 e. The second-order valence-corrected chi connectivity index (χ2v) is 3.25. The average molecular weight is 221 g/mol. The fourth-order valence-electron chi connectivity index (χ4n) is 1.43. The van der Waals surface area contributed by atoms with Crippen LogP contribution in [0.4, 0.5) is 0 Å². The average Bonchev–Trinajstić information content (AvgIpc) is 2.15. The molecule has 6 heteroatoms. The summed E-state index contributed by atoms with van der Waals surface area (Å²) in [5, 5.41) is 8.81. The zero-order chi connectivity index (χ0) is 11.7. The molecule has 0 amide bonds. The van der Waals surface area contributed by atoms with E-state index in [-0.39, 0.29) is 17.3 Å². The minimum absolute atomic E-state index is 0.168. The van der Waals surface area contributed by atoms with E-state index in [4.69, 9.17) is 5.11 Å². The predicted octanol–water partition coefficient (Wildman–Crippen LogP) is 0.108. The van der Waals surface area contributed by atoms with Gasteiger partial charge in [-0.2, -0.15) is 0 Å². The van der Waals surface area contributed by atoms with E-state index in [1.54, 1.807) is 0 Å². The Morgan fingerprint density at radius 1 is 1.38 bits per heavy atom. The van der Waals surface area contributed by atoms with Crippen molar-refractivity contribution in [3.63, 3.8) is 0 Å². The van der Waals surface area contributed by atoms with Gasteiger partial charge in [0, 0.05) is 0 Å². The van der Waals surface area contributed by atoms with Gasteiger partial charge in [0.2, 0.25) is 0 Å². The summed E-state index contributed by atoms with van der Waals surface area (Å²) in [6, 6.07) is 4.38. The van der Waals surface area contributed by atoms with Crippen molar-refractivity contribution in [3.8, 4) is 0 Å². The largest absolute Gasteiger partial charge is 0.481 e. The van der Waals surface area contributed by atoms with Crippen molar-refractivity contribution in [1.82, 2.24) is 4.98 Å². The van der Waals surface area contributed by atoms with E-state index in [1.165, 1.54) is 18.2 Å². The summed E-state index contributed by atoms with van der Waals surface area (Å²) in [6.45, 7) is 0. The molecule has 0 aliphatic heterocycles. The second-order valence-electron chi connectivity index (χ2n) is 3.25. The third kappa shape index (κ3) is 1.85. The normalized spacial score (nSPS) is 10.5. The number of fused-ring (bicyclic) bond motifs is 1.